The summed E-state index contributed by atoms with van der Waals surface area (Å²) in [7, 11) is 0. The Bertz CT molecular complexity index is 1010. The quantitative estimate of drug-likeness (QED) is 0.260. The van der Waals surface area contributed by atoms with Crippen molar-refractivity contribution in [3.05, 3.63) is 46.6 Å². The van der Waals surface area contributed by atoms with Crippen LogP contribution in [-0.4, -0.2) is 124 Å². The van der Waals surface area contributed by atoms with Crippen LogP contribution in [0.4, 0.5) is 4.39 Å². The van der Waals surface area contributed by atoms with Gasteiger partial charge in [0, 0.05) is 50.4 Å². The normalized spacial score (nSPS) is 26.8. The van der Waals surface area contributed by atoms with Crippen molar-refractivity contribution >= 4 is 0 Å². The number of rotatable bonds is 12. The van der Waals surface area contributed by atoms with Crippen molar-refractivity contribution in [1.29, 1.82) is 0 Å². The summed E-state index contributed by atoms with van der Waals surface area (Å²) in [4.78, 5) is 4.79. The van der Waals surface area contributed by atoms with Crippen molar-refractivity contribution in [3.8, 4) is 5.88 Å². The molecule has 1 aromatic carbocycles. The second-order valence-corrected chi connectivity index (χ2v) is 10.8. The fourth-order valence-electron chi connectivity index (χ4n) is 5.27. The van der Waals surface area contributed by atoms with Crippen molar-refractivity contribution in [2.75, 3.05) is 52.5 Å². The predicted octanol–water partition coefficient (Wildman–Crippen LogP) is 0.822. The first kappa shape index (κ1) is 29.9. The van der Waals surface area contributed by atoms with E-state index >= 15 is 0 Å². The van der Waals surface area contributed by atoms with Crippen LogP contribution in [0.3, 0.4) is 0 Å². The number of hydrogen-bond donors (Lipinski definition) is 5. The zero-order chi connectivity index (χ0) is 27.9. The fraction of sp³-hybridized carbons (Fsp3) is 0.679. The molecule has 218 valence electrons. The van der Waals surface area contributed by atoms with Crippen LogP contribution in [0.25, 0.3) is 0 Å². The minimum atomic E-state index is -1.92. The predicted molar refractivity (Wildman–Crippen MR) is 143 cm³/mol. The van der Waals surface area contributed by atoms with E-state index in [9.17, 15) is 19.7 Å². The van der Waals surface area contributed by atoms with E-state index in [0.29, 0.717) is 6.42 Å². The number of nitrogens with one attached hydrogen (secondary N) is 1. The Labute approximate surface area is 229 Å². The summed E-state index contributed by atoms with van der Waals surface area (Å²) in [5, 5.41) is 46.2. The number of benzene rings is 1. The number of aliphatic hydroxyl groups is 4. The fourth-order valence-corrected chi connectivity index (χ4v) is 5.27. The summed E-state index contributed by atoms with van der Waals surface area (Å²) >= 11 is 0. The Kier molecular flexibility index (Phi) is 10.7. The topological polar surface area (TPSA) is 135 Å². The summed E-state index contributed by atoms with van der Waals surface area (Å²) in [6.07, 6.45) is -5.35. The number of halogens is 1. The Hall–Kier alpha value is -2.12. The Balaban J connectivity index is 1.35. The Morgan fingerprint density at radius 1 is 1.03 bits per heavy atom. The molecule has 0 unspecified atom stereocenters. The van der Waals surface area contributed by atoms with Gasteiger partial charge in [0.25, 0.3) is 0 Å². The number of aromatic amines is 1. The van der Waals surface area contributed by atoms with Gasteiger partial charge in [0.05, 0.1) is 13.2 Å². The summed E-state index contributed by atoms with van der Waals surface area (Å²) in [5.74, 6) is 0.338. The number of nitrogens with zero attached hydrogens (tertiary/aromatic N) is 3. The van der Waals surface area contributed by atoms with Crippen LogP contribution in [0.5, 0.6) is 5.88 Å². The van der Waals surface area contributed by atoms with Gasteiger partial charge in [-0.1, -0.05) is 38.1 Å². The molecule has 3 heterocycles. The molecule has 1 aromatic heterocycles. The lowest BCUT2D eigenvalue weighted by Crippen LogP contribution is -2.58. The highest BCUT2D eigenvalue weighted by Gasteiger charge is 2.46. The molecule has 2 aliphatic heterocycles. The summed E-state index contributed by atoms with van der Waals surface area (Å²) in [5.41, 5.74) is 4.01. The first-order valence-corrected chi connectivity index (χ1v) is 13.9. The Morgan fingerprint density at radius 2 is 1.67 bits per heavy atom. The van der Waals surface area contributed by atoms with Crippen LogP contribution in [0.1, 0.15) is 48.6 Å². The standard InChI is InChI=1S/C28H43FN4O6/c1-18(2)24-21(27(31-30-24)39-28-26(37)25(36)23(29)22(17-35)38-28)16-20-7-5-19(6-8-20)4-3-9-32-10-12-33(13-11-32)14-15-34/h5-8,18,22-23,25-26,28,34-37H,3-4,9-17H2,1-2H3,(H,30,31)/t22-,23-,25+,26-,28+/m1/s1. The zero-order valence-electron chi connectivity index (χ0n) is 22.9. The Morgan fingerprint density at radius 3 is 2.28 bits per heavy atom. The number of β-amino-alcohol motifs (C(OH)–C–C–N with tert-alkyl or cyclic N) is 1. The highest BCUT2D eigenvalue weighted by atomic mass is 19.1. The average molecular weight is 551 g/mol. The summed E-state index contributed by atoms with van der Waals surface area (Å²) < 4.78 is 25.4. The molecule has 0 bridgehead atoms. The lowest BCUT2D eigenvalue weighted by atomic mass is 9.98. The van der Waals surface area contributed by atoms with Crippen molar-refractivity contribution in [2.24, 2.45) is 0 Å². The van der Waals surface area contributed by atoms with Gasteiger partial charge in [-0.25, -0.2) is 4.39 Å². The monoisotopic (exact) mass is 550 g/mol. The number of aryl methyl sites for hydroxylation is 1. The number of H-pyrrole nitrogens is 1. The molecule has 0 amide bonds. The number of aliphatic hydroxyl groups excluding tert-OH is 4. The summed E-state index contributed by atoms with van der Waals surface area (Å²) in [6, 6.07) is 8.47. The van der Waals surface area contributed by atoms with Gasteiger partial charge < -0.3 is 34.8 Å². The van der Waals surface area contributed by atoms with Crippen LogP contribution in [0.2, 0.25) is 0 Å². The molecule has 0 spiro atoms. The smallest absolute Gasteiger partial charge is 0.238 e. The van der Waals surface area contributed by atoms with Gasteiger partial charge in [-0.15, -0.1) is 5.10 Å². The molecule has 0 radical (unpaired) electrons. The van der Waals surface area contributed by atoms with Gasteiger partial charge in [0.1, 0.15) is 18.3 Å². The minimum Gasteiger partial charge on any atom is -0.443 e. The number of alkyl halides is 1. The number of piperazine rings is 1. The third kappa shape index (κ3) is 7.55. The molecule has 10 nitrogen and oxygen atoms in total. The highest BCUT2D eigenvalue weighted by molar-refractivity contribution is 5.38. The zero-order valence-corrected chi connectivity index (χ0v) is 22.9. The van der Waals surface area contributed by atoms with Crippen molar-refractivity contribution < 1.29 is 34.3 Å². The van der Waals surface area contributed by atoms with E-state index in [0.717, 1.165) is 68.9 Å². The van der Waals surface area contributed by atoms with Gasteiger partial charge in [-0.2, -0.15) is 0 Å². The number of aromatic nitrogens is 2. The molecule has 2 aromatic rings. The second kappa shape index (κ2) is 14.0. The minimum absolute atomic E-state index is 0.123. The molecule has 39 heavy (non-hydrogen) atoms. The van der Waals surface area contributed by atoms with Crippen LogP contribution in [0.15, 0.2) is 24.3 Å². The molecule has 2 saturated heterocycles. The molecule has 2 fully saturated rings. The number of hydrogen-bond acceptors (Lipinski definition) is 9. The number of ether oxygens (including phenoxy) is 2. The highest BCUT2D eigenvalue weighted by Crippen LogP contribution is 2.31. The van der Waals surface area contributed by atoms with Crippen molar-refractivity contribution in [3.63, 3.8) is 0 Å². The maximum Gasteiger partial charge on any atom is 0.238 e. The first-order chi connectivity index (χ1) is 18.8. The van der Waals surface area contributed by atoms with E-state index < -0.39 is 37.4 Å². The van der Waals surface area contributed by atoms with E-state index in [4.69, 9.17) is 14.6 Å². The maximum atomic E-state index is 14.1. The van der Waals surface area contributed by atoms with Gasteiger partial charge in [0.2, 0.25) is 12.2 Å². The molecule has 2 aliphatic rings. The second-order valence-electron chi connectivity index (χ2n) is 10.8. The molecule has 5 atom stereocenters. The first-order valence-electron chi connectivity index (χ1n) is 13.9. The van der Waals surface area contributed by atoms with E-state index in [1.54, 1.807) is 0 Å². The van der Waals surface area contributed by atoms with Crippen LogP contribution in [-0.2, 0) is 17.6 Å². The molecule has 4 rings (SSSR count). The van der Waals surface area contributed by atoms with Crippen molar-refractivity contribution in [1.82, 2.24) is 20.0 Å². The van der Waals surface area contributed by atoms with E-state index in [1.807, 2.05) is 13.8 Å². The van der Waals surface area contributed by atoms with E-state index in [1.165, 1.54) is 5.56 Å². The largest absolute Gasteiger partial charge is 0.443 e. The molecule has 0 saturated carbocycles. The van der Waals surface area contributed by atoms with Gasteiger partial charge in [0.15, 0.2) is 6.17 Å². The van der Waals surface area contributed by atoms with E-state index in [-0.39, 0.29) is 18.4 Å². The van der Waals surface area contributed by atoms with Gasteiger partial charge >= 0.3 is 0 Å². The third-order valence-corrected chi connectivity index (χ3v) is 7.69. The molecule has 0 aliphatic carbocycles. The molecule has 5 N–H and O–H groups in total. The van der Waals surface area contributed by atoms with Crippen LogP contribution < -0.4 is 4.74 Å². The maximum absolute atomic E-state index is 14.1. The van der Waals surface area contributed by atoms with Gasteiger partial charge in [-0.3, -0.25) is 10.00 Å². The lowest BCUT2D eigenvalue weighted by Gasteiger charge is -2.38. The molecular weight excluding hydrogens is 507 g/mol. The molecule has 11 heteroatoms. The average Bonchev–Trinajstić information content (AvgIpc) is 3.33. The summed E-state index contributed by atoms with van der Waals surface area (Å²) in [6.45, 7) is 9.56. The van der Waals surface area contributed by atoms with Crippen molar-refractivity contribution in [2.45, 2.75) is 69.8 Å². The SMILES string of the molecule is CC(C)c1[nH]nc(O[C@@H]2O[C@H](CO)[C@@H](F)[C@H](O)[C@H]2O)c1Cc1ccc(CCCN2CCN(CCO)CC2)cc1. The lowest BCUT2D eigenvalue weighted by molar-refractivity contribution is -0.265. The van der Waals surface area contributed by atoms with Crippen LogP contribution >= 0.6 is 0 Å². The van der Waals surface area contributed by atoms with E-state index in [2.05, 4.69) is 44.3 Å². The van der Waals surface area contributed by atoms with Gasteiger partial charge in [-0.05, 0) is 36.4 Å². The molecular formula is C28H43FN4O6. The third-order valence-electron chi connectivity index (χ3n) is 7.69. The van der Waals surface area contributed by atoms with Crippen LogP contribution in [0, 0.1) is 0 Å².